The smallest absolute Gasteiger partial charge is 0.221 e. The van der Waals surface area contributed by atoms with E-state index in [1.807, 2.05) is 30.5 Å². The SMILES string of the molecule is Cc1nn(-c2ccnc(N)n2)c2cc([C@](C)(O)c3nccs3)ccc12. The lowest BCUT2D eigenvalue weighted by Crippen LogP contribution is -2.22. The summed E-state index contributed by atoms with van der Waals surface area (Å²) >= 11 is 1.42. The molecule has 8 heteroatoms. The third-order valence-electron chi connectivity index (χ3n) is 4.15. The van der Waals surface area contributed by atoms with E-state index in [-0.39, 0.29) is 5.95 Å². The number of fused-ring (bicyclic) bond motifs is 1. The molecule has 7 nitrogen and oxygen atoms in total. The average molecular weight is 352 g/mol. The van der Waals surface area contributed by atoms with E-state index in [1.54, 1.807) is 30.1 Å². The molecule has 0 spiro atoms. The summed E-state index contributed by atoms with van der Waals surface area (Å²) < 4.78 is 1.71. The zero-order valence-corrected chi connectivity index (χ0v) is 14.5. The van der Waals surface area contributed by atoms with Gasteiger partial charge in [-0.15, -0.1) is 11.3 Å². The number of anilines is 1. The lowest BCUT2D eigenvalue weighted by Gasteiger charge is -2.21. The van der Waals surface area contributed by atoms with Gasteiger partial charge in [-0.25, -0.2) is 14.6 Å². The number of thiazole rings is 1. The molecule has 3 heterocycles. The van der Waals surface area contributed by atoms with Crippen LogP contribution in [0.3, 0.4) is 0 Å². The van der Waals surface area contributed by atoms with Crippen LogP contribution in [0.4, 0.5) is 5.95 Å². The van der Waals surface area contributed by atoms with Crippen molar-refractivity contribution in [2.24, 2.45) is 0 Å². The van der Waals surface area contributed by atoms with E-state index in [2.05, 4.69) is 20.1 Å². The number of aryl methyl sites for hydroxylation is 1. The van der Waals surface area contributed by atoms with Crippen molar-refractivity contribution >= 4 is 28.2 Å². The van der Waals surface area contributed by atoms with Crippen LogP contribution in [0, 0.1) is 6.92 Å². The topological polar surface area (TPSA) is 103 Å². The third kappa shape index (κ3) is 2.55. The number of nitrogens with zero attached hydrogens (tertiary/aromatic N) is 5. The molecule has 0 saturated heterocycles. The highest BCUT2D eigenvalue weighted by Gasteiger charge is 2.29. The molecule has 3 aromatic heterocycles. The van der Waals surface area contributed by atoms with Gasteiger partial charge in [0.2, 0.25) is 5.95 Å². The Balaban J connectivity index is 1.92. The predicted octanol–water partition coefficient (Wildman–Crippen LogP) is 2.42. The minimum absolute atomic E-state index is 0.185. The summed E-state index contributed by atoms with van der Waals surface area (Å²) in [6.07, 6.45) is 3.28. The van der Waals surface area contributed by atoms with E-state index >= 15 is 0 Å². The Hall–Kier alpha value is -2.84. The second kappa shape index (κ2) is 5.61. The molecule has 0 bridgehead atoms. The zero-order valence-electron chi connectivity index (χ0n) is 13.7. The third-order valence-corrected chi connectivity index (χ3v) is 5.14. The van der Waals surface area contributed by atoms with Crippen LogP contribution in [-0.4, -0.2) is 29.8 Å². The van der Waals surface area contributed by atoms with Gasteiger partial charge in [0, 0.05) is 29.2 Å². The number of nitrogens with two attached hydrogens (primary N) is 1. The number of hydrogen-bond acceptors (Lipinski definition) is 7. The Bertz CT molecular complexity index is 1050. The summed E-state index contributed by atoms with van der Waals surface area (Å²) in [6, 6.07) is 7.51. The normalized spacial score (nSPS) is 13.9. The van der Waals surface area contributed by atoms with Crippen molar-refractivity contribution in [3.8, 4) is 5.82 Å². The van der Waals surface area contributed by atoms with Gasteiger partial charge in [-0.1, -0.05) is 12.1 Å². The summed E-state index contributed by atoms with van der Waals surface area (Å²) in [7, 11) is 0. The predicted molar refractivity (Wildman–Crippen MR) is 96.6 cm³/mol. The van der Waals surface area contributed by atoms with E-state index in [1.165, 1.54) is 11.3 Å². The molecule has 3 N–H and O–H groups in total. The molecule has 25 heavy (non-hydrogen) atoms. The molecule has 0 saturated carbocycles. The minimum atomic E-state index is -1.18. The molecule has 1 atom stereocenters. The summed E-state index contributed by atoms with van der Waals surface area (Å²) in [5.74, 6) is 0.765. The van der Waals surface area contributed by atoms with E-state index in [4.69, 9.17) is 5.73 Å². The zero-order chi connectivity index (χ0) is 17.6. The summed E-state index contributed by atoms with van der Waals surface area (Å²) in [5, 5.41) is 19.0. The standard InChI is InChI=1S/C17H16N6OS/c1-10-12-4-3-11(17(2,24)15-19-7-8-25-15)9-13(12)23(22-10)14-5-6-20-16(18)21-14/h3-9,24H,1-2H3,(H2,18,20,21)/t17-/m0/s1. The number of nitrogen functional groups attached to an aromatic ring is 1. The molecule has 0 fully saturated rings. The molecule has 1 aromatic carbocycles. The number of aromatic nitrogens is 5. The molecule has 0 aliphatic rings. The van der Waals surface area contributed by atoms with Gasteiger partial charge < -0.3 is 10.8 Å². The van der Waals surface area contributed by atoms with Crippen LogP contribution < -0.4 is 5.73 Å². The van der Waals surface area contributed by atoms with Crippen LogP contribution in [0.25, 0.3) is 16.7 Å². The first-order valence-electron chi connectivity index (χ1n) is 7.68. The second-order valence-electron chi connectivity index (χ2n) is 5.91. The van der Waals surface area contributed by atoms with Gasteiger partial charge in [0.25, 0.3) is 0 Å². The summed E-state index contributed by atoms with van der Waals surface area (Å²) in [6.45, 7) is 3.67. The lowest BCUT2D eigenvalue weighted by molar-refractivity contribution is 0.102. The summed E-state index contributed by atoms with van der Waals surface area (Å²) in [5.41, 5.74) is 6.96. The number of rotatable bonds is 3. The van der Waals surface area contributed by atoms with Crippen molar-refractivity contribution in [3.05, 3.63) is 58.3 Å². The van der Waals surface area contributed by atoms with Crippen LogP contribution >= 0.6 is 11.3 Å². The average Bonchev–Trinajstić information content (AvgIpc) is 3.23. The molecule has 0 aliphatic heterocycles. The number of aliphatic hydroxyl groups is 1. The van der Waals surface area contributed by atoms with Crippen LogP contribution in [0.1, 0.15) is 23.2 Å². The molecule has 0 amide bonds. The lowest BCUT2D eigenvalue weighted by atomic mass is 9.95. The fraction of sp³-hybridized carbons (Fsp3) is 0.176. The number of hydrogen-bond donors (Lipinski definition) is 2. The Labute approximate surface area is 147 Å². The van der Waals surface area contributed by atoms with Gasteiger partial charge in [0.15, 0.2) is 5.82 Å². The maximum Gasteiger partial charge on any atom is 0.221 e. The van der Waals surface area contributed by atoms with Gasteiger partial charge in [0.1, 0.15) is 10.6 Å². The van der Waals surface area contributed by atoms with E-state index in [0.717, 1.165) is 22.2 Å². The first-order chi connectivity index (χ1) is 12.0. The van der Waals surface area contributed by atoms with E-state index in [0.29, 0.717) is 10.8 Å². The highest BCUT2D eigenvalue weighted by Crippen LogP contribution is 2.33. The Morgan fingerprint density at radius 3 is 2.76 bits per heavy atom. The quantitative estimate of drug-likeness (QED) is 0.587. The van der Waals surface area contributed by atoms with E-state index < -0.39 is 5.60 Å². The first-order valence-corrected chi connectivity index (χ1v) is 8.56. The van der Waals surface area contributed by atoms with Crippen molar-refractivity contribution in [2.75, 3.05) is 5.73 Å². The first kappa shape index (κ1) is 15.7. The molecular weight excluding hydrogens is 336 g/mol. The molecular formula is C17H16N6OS. The fourth-order valence-electron chi connectivity index (χ4n) is 2.82. The fourth-order valence-corrected chi connectivity index (χ4v) is 3.54. The molecule has 126 valence electrons. The van der Waals surface area contributed by atoms with Crippen molar-refractivity contribution in [3.63, 3.8) is 0 Å². The highest BCUT2D eigenvalue weighted by molar-refractivity contribution is 7.09. The van der Waals surface area contributed by atoms with Gasteiger partial charge in [-0.2, -0.15) is 10.1 Å². The minimum Gasteiger partial charge on any atom is -0.378 e. The number of benzene rings is 1. The van der Waals surface area contributed by atoms with Gasteiger partial charge in [-0.3, -0.25) is 0 Å². The van der Waals surface area contributed by atoms with Gasteiger partial charge >= 0.3 is 0 Å². The Kier molecular flexibility index (Phi) is 3.52. The van der Waals surface area contributed by atoms with Crippen LogP contribution in [0.5, 0.6) is 0 Å². The summed E-state index contributed by atoms with van der Waals surface area (Å²) in [4.78, 5) is 12.4. The Morgan fingerprint density at radius 2 is 2.04 bits per heavy atom. The van der Waals surface area contributed by atoms with Crippen LogP contribution in [0.15, 0.2) is 42.0 Å². The molecule has 0 radical (unpaired) electrons. The van der Waals surface area contributed by atoms with Gasteiger partial charge in [-0.05, 0) is 25.5 Å². The second-order valence-corrected chi connectivity index (χ2v) is 6.81. The van der Waals surface area contributed by atoms with Crippen molar-refractivity contribution in [2.45, 2.75) is 19.4 Å². The maximum atomic E-state index is 11.0. The Morgan fingerprint density at radius 1 is 1.20 bits per heavy atom. The van der Waals surface area contributed by atoms with Crippen LogP contribution in [-0.2, 0) is 5.60 Å². The molecule has 0 unspecified atom stereocenters. The van der Waals surface area contributed by atoms with Gasteiger partial charge in [0.05, 0.1) is 11.2 Å². The van der Waals surface area contributed by atoms with Crippen LogP contribution in [0.2, 0.25) is 0 Å². The largest absolute Gasteiger partial charge is 0.378 e. The van der Waals surface area contributed by atoms with Crippen molar-refractivity contribution in [1.29, 1.82) is 0 Å². The maximum absolute atomic E-state index is 11.0. The monoisotopic (exact) mass is 352 g/mol. The van der Waals surface area contributed by atoms with Crippen molar-refractivity contribution < 1.29 is 5.11 Å². The molecule has 0 aliphatic carbocycles. The van der Waals surface area contributed by atoms with Crippen molar-refractivity contribution in [1.82, 2.24) is 24.7 Å². The van der Waals surface area contributed by atoms with E-state index in [9.17, 15) is 5.11 Å². The highest BCUT2D eigenvalue weighted by atomic mass is 32.1. The molecule has 4 aromatic rings. The molecule has 4 rings (SSSR count).